The summed E-state index contributed by atoms with van der Waals surface area (Å²) in [5.74, 6) is 0.353. The fourth-order valence-corrected chi connectivity index (χ4v) is 3.64. The van der Waals surface area contributed by atoms with E-state index in [9.17, 15) is 13.2 Å². The molecule has 0 saturated carbocycles. The largest absolute Gasteiger partial charge is 0.440 e. The summed E-state index contributed by atoms with van der Waals surface area (Å²) in [6, 6.07) is 12.3. The van der Waals surface area contributed by atoms with Crippen LogP contribution >= 0.6 is 11.6 Å². The molecule has 164 valence electrons. The molecular weight excluding hydrogens is 444 g/mol. The summed E-state index contributed by atoms with van der Waals surface area (Å²) < 4.78 is 32.1. The van der Waals surface area contributed by atoms with Crippen molar-refractivity contribution in [1.82, 2.24) is 20.0 Å². The van der Waals surface area contributed by atoms with Crippen LogP contribution in [0.5, 0.6) is 0 Å². The Balaban J connectivity index is 1.81. The number of aromatic nitrogens is 4. The number of nitrogens with one attached hydrogen (secondary N) is 2. The van der Waals surface area contributed by atoms with Gasteiger partial charge in [-0.2, -0.15) is 0 Å². The standard InChI is InChI=1S/C19H21ClN6O4S/c1-12-14(24-31(3,28)29)9-10-15(21-12)17-18(26(2)25-23-17)22-19(27)30-16(11-20)13-7-5-4-6-8-13/h4-10,16,24H,11H2,1-3H3,(H,22,27)/t16-/m1/s1. The minimum Gasteiger partial charge on any atom is -0.440 e. The highest BCUT2D eigenvalue weighted by Gasteiger charge is 2.21. The molecule has 0 spiro atoms. The molecule has 0 aliphatic carbocycles. The van der Waals surface area contributed by atoms with Crippen molar-refractivity contribution in [2.24, 2.45) is 7.05 Å². The number of anilines is 2. The molecule has 3 rings (SSSR count). The Morgan fingerprint density at radius 3 is 2.55 bits per heavy atom. The first-order valence-electron chi connectivity index (χ1n) is 9.12. The first-order valence-corrected chi connectivity index (χ1v) is 11.5. The minimum atomic E-state index is -3.44. The van der Waals surface area contributed by atoms with Crippen LogP contribution in [0.3, 0.4) is 0 Å². The number of carbonyl (C=O) groups excluding carboxylic acids is 1. The van der Waals surface area contributed by atoms with Gasteiger partial charge in [0.05, 0.1) is 29.2 Å². The van der Waals surface area contributed by atoms with E-state index < -0.39 is 22.2 Å². The van der Waals surface area contributed by atoms with Gasteiger partial charge in [-0.15, -0.1) is 16.7 Å². The molecular formula is C19H21ClN6O4S. The molecule has 1 amide bonds. The Labute approximate surface area is 184 Å². The first kappa shape index (κ1) is 22.5. The van der Waals surface area contributed by atoms with Gasteiger partial charge in [0, 0.05) is 7.05 Å². The maximum atomic E-state index is 12.5. The summed E-state index contributed by atoms with van der Waals surface area (Å²) in [5.41, 5.74) is 2.25. The van der Waals surface area contributed by atoms with E-state index in [1.807, 2.05) is 30.3 Å². The Kier molecular flexibility index (Phi) is 6.76. The van der Waals surface area contributed by atoms with Crippen LogP contribution in [0.4, 0.5) is 16.3 Å². The molecule has 2 N–H and O–H groups in total. The van der Waals surface area contributed by atoms with Crippen molar-refractivity contribution in [2.45, 2.75) is 13.0 Å². The molecule has 0 saturated heterocycles. The molecule has 10 nitrogen and oxygen atoms in total. The Bertz CT molecular complexity index is 1180. The fraction of sp³-hybridized carbons (Fsp3) is 0.263. The lowest BCUT2D eigenvalue weighted by Crippen LogP contribution is -2.20. The summed E-state index contributed by atoms with van der Waals surface area (Å²) in [6.45, 7) is 1.65. The Morgan fingerprint density at radius 2 is 1.94 bits per heavy atom. The molecule has 12 heteroatoms. The van der Waals surface area contributed by atoms with Gasteiger partial charge in [-0.05, 0) is 24.6 Å². The molecule has 0 fully saturated rings. The number of halogens is 1. The average molecular weight is 465 g/mol. The number of amides is 1. The number of hydrogen-bond acceptors (Lipinski definition) is 7. The number of aryl methyl sites for hydroxylation is 2. The van der Waals surface area contributed by atoms with Gasteiger partial charge in [-0.25, -0.2) is 22.9 Å². The van der Waals surface area contributed by atoms with Crippen LogP contribution < -0.4 is 10.0 Å². The number of alkyl halides is 1. The molecule has 31 heavy (non-hydrogen) atoms. The van der Waals surface area contributed by atoms with Crippen molar-refractivity contribution in [3.05, 3.63) is 53.7 Å². The molecule has 2 aromatic heterocycles. The highest BCUT2D eigenvalue weighted by Crippen LogP contribution is 2.27. The van der Waals surface area contributed by atoms with Crippen LogP contribution in [-0.4, -0.2) is 46.6 Å². The number of pyridine rings is 1. The zero-order chi connectivity index (χ0) is 22.6. The second-order valence-corrected chi connectivity index (χ2v) is 8.75. The SMILES string of the molecule is Cc1nc(-c2nnn(C)c2NC(=O)O[C@H](CCl)c2ccccc2)ccc1NS(C)(=O)=O. The van der Waals surface area contributed by atoms with E-state index in [0.29, 0.717) is 22.8 Å². The molecule has 2 heterocycles. The Hall–Kier alpha value is -3.18. The predicted octanol–water partition coefficient (Wildman–Crippen LogP) is 3.09. The van der Waals surface area contributed by atoms with E-state index in [2.05, 4.69) is 25.3 Å². The second kappa shape index (κ2) is 9.31. The third-order valence-corrected chi connectivity index (χ3v) is 5.10. The van der Waals surface area contributed by atoms with Crippen LogP contribution in [0.1, 0.15) is 17.4 Å². The number of ether oxygens (including phenoxy) is 1. The third kappa shape index (κ3) is 5.70. The topological polar surface area (TPSA) is 128 Å². The first-order chi connectivity index (χ1) is 14.7. The van der Waals surface area contributed by atoms with Gasteiger partial charge in [-0.1, -0.05) is 35.5 Å². The van der Waals surface area contributed by atoms with Crippen LogP contribution in [0.25, 0.3) is 11.4 Å². The van der Waals surface area contributed by atoms with Crippen molar-refractivity contribution >= 4 is 39.2 Å². The van der Waals surface area contributed by atoms with Crippen molar-refractivity contribution in [3.8, 4) is 11.4 Å². The van der Waals surface area contributed by atoms with Gasteiger partial charge >= 0.3 is 6.09 Å². The lowest BCUT2D eigenvalue weighted by molar-refractivity contribution is 0.122. The molecule has 1 atom stereocenters. The molecule has 0 bridgehead atoms. The Morgan fingerprint density at radius 1 is 1.23 bits per heavy atom. The van der Waals surface area contributed by atoms with E-state index >= 15 is 0 Å². The maximum Gasteiger partial charge on any atom is 0.413 e. The molecule has 0 aliphatic rings. The van der Waals surface area contributed by atoms with Crippen LogP contribution in [0, 0.1) is 6.92 Å². The minimum absolute atomic E-state index is 0.0868. The predicted molar refractivity (Wildman–Crippen MR) is 117 cm³/mol. The highest BCUT2D eigenvalue weighted by atomic mass is 35.5. The van der Waals surface area contributed by atoms with Crippen molar-refractivity contribution in [3.63, 3.8) is 0 Å². The summed E-state index contributed by atoms with van der Waals surface area (Å²) in [7, 11) is -1.83. The number of hydrogen-bond donors (Lipinski definition) is 2. The highest BCUT2D eigenvalue weighted by molar-refractivity contribution is 7.92. The molecule has 3 aromatic rings. The van der Waals surface area contributed by atoms with Crippen molar-refractivity contribution < 1.29 is 17.9 Å². The van der Waals surface area contributed by atoms with Gasteiger partial charge in [0.1, 0.15) is 6.10 Å². The van der Waals surface area contributed by atoms with Gasteiger partial charge in [0.15, 0.2) is 11.5 Å². The quantitative estimate of drug-likeness (QED) is 0.514. The lowest BCUT2D eigenvalue weighted by Gasteiger charge is -2.16. The van der Waals surface area contributed by atoms with Gasteiger partial charge in [-0.3, -0.25) is 10.0 Å². The van der Waals surface area contributed by atoms with Gasteiger partial charge < -0.3 is 4.74 Å². The third-order valence-electron chi connectivity index (χ3n) is 4.23. The van der Waals surface area contributed by atoms with Crippen LogP contribution in [0.2, 0.25) is 0 Å². The smallest absolute Gasteiger partial charge is 0.413 e. The average Bonchev–Trinajstić information content (AvgIpc) is 3.07. The van der Waals surface area contributed by atoms with Crippen molar-refractivity contribution in [2.75, 3.05) is 22.2 Å². The molecule has 0 aliphatic heterocycles. The zero-order valence-electron chi connectivity index (χ0n) is 17.0. The number of carbonyl (C=O) groups is 1. The molecule has 1 aromatic carbocycles. The fourth-order valence-electron chi connectivity index (χ4n) is 2.78. The van der Waals surface area contributed by atoms with Gasteiger partial charge in [0.25, 0.3) is 0 Å². The van der Waals surface area contributed by atoms with Crippen LogP contribution in [0.15, 0.2) is 42.5 Å². The van der Waals surface area contributed by atoms with E-state index in [1.54, 1.807) is 26.1 Å². The number of sulfonamides is 1. The second-order valence-electron chi connectivity index (χ2n) is 6.70. The lowest BCUT2D eigenvalue weighted by atomic mass is 10.1. The van der Waals surface area contributed by atoms with E-state index in [1.165, 1.54) is 4.68 Å². The zero-order valence-corrected chi connectivity index (χ0v) is 18.6. The van der Waals surface area contributed by atoms with Crippen molar-refractivity contribution in [1.29, 1.82) is 0 Å². The van der Waals surface area contributed by atoms with E-state index in [-0.39, 0.29) is 11.7 Å². The molecule has 0 radical (unpaired) electrons. The number of nitrogens with zero attached hydrogens (tertiary/aromatic N) is 4. The molecule has 0 unspecified atom stereocenters. The summed E-state index contributed by atoms with van der Waals surface area (Å²) in [5, 5.41) is 10.6. The summed E-state index contributed by atoms with van der Waals surface area (Å²) >= 11 is 5.97. The summed E-state index contributed by atoms with van der Waals surface area (Å²) in [6.07, 6.45) is -0.303. The van der Waals surface area contributed by atoms with E-state index in [4.69, 9.17) is 16.3 Å². The van der Waals surface area contributed by atoms with E-state index in [0.717, 1.165) is 11.8 Å². The van der Waals surface area contributed by atoms with Gasteiger partial charge in [0.2, 0.25) is 10.0 Å². The normalized spacial score (nSPS) is 12.3. The maximum absolute atomic E-state index is 12.5. The number of benzene rings is 1. The summed E-state index contributed by atoms with van der Waals surface area (Å²) in [4.78, 5) is 16.9. The number of rotatable bonds is 7. The van der Waals surface area contributed by atoms with Crippen LogP contribution in [-0.2, 0) is 21.8 Å². The monoisotopic (exact) mass is 464 g/mol.